The number of imidazole rings is 1. The molecule has 3 aromatic rings. The van der Waals surface area contributed by atoms with Crippen LogP contribution in [0.5, 0.6) is 0 Å². The van der Waals surface area contributed by atoms with Gasteiger partial charge in [-0.1, -0.05) is 0 Å². The number of fused-ring (bicyclic) bond motifs is 1. The number of aromatic amines is 1. The highest BCUT2D eigenvalue weighted by Crippen LogP contribution is 2.18. The first kappa shape index (κ1) is 9.03. The van der Waals surface area contributed by atoms with Crippen LogP contribution in [0.4, 0.5) is 0 Å². The second-order valence-corrected chi connectivity index (χ2v) is 3.71. The second-order valence-electron chi connectivity index (χ2n) is 3.71. The molecule has 0 unspecified atom stereocenters. The molecule has 4 nitrogen and oxygen atoms in total. The summed E-state index contributed by atoms with van der Waals surface area (Å²) in [7, 11) is 0. The van der Waals surface area contributed by atoms with Gasteiger partial charge in [-0.15, -0.1) is 0 Å². The zero-order chi connectivity index (χ0) is 11.0. The number of aromatic nitrogens is 4. The van der Waals surface area contributed by atoms with Crippen molar-refractivity contribution in [2.45, 2.75) is 6.92 Å². The first-order valence-corrected chi connectivity index (χ1v) is 5.06. The molecule has 3 aromatic heterocycles. The molecule has 0 aliphatic carbocycles. The van der Waals surface area contributed by atoms with E-state index in [4.69, 9.17) is 0 Å². The van der Waals surface area contributed by atoms with Crippen LogP contribution in [-0.4, -0.2) is 19.9 Å². The van der Waals surface area contributed by atoms with E-state index in [1.807, 2.05) is 31.3 Å². The Kier molecular flexibility index (Phi) is 1.93. The van der Waals surface area contributed by atoms with Gasteiger partial charge in [-0.2, -0.15) is 0 Å². The molecule has 0 saturated carbocycles. The van der Waals surface area contributed by atoms with E-state index < -0.39 is 0 Å². The monoisotopic (exact) mass is 210 g/mol. The van der Waals surface area contributed by atoms with E-state index in [0.29, 0.717) is 0 Å². The zero-order valence-electron chi connectivity index (χ0n) is 8.81. The Morgan fingerprint density at radius 3 is 3.00 bits per heavy atom. The molecular formula is C12H10N4. The molecule has 78 valence electrons. The molecule has 0 saturated heterocycles. The summed E-state index contributed by atoms with van der Waals surface area (Å²) in [5, 5.41) is 0. The molecule has 0 atom stereocenters. The van der Waals surface area contributed by atoms with Crippen molar-refractivity contribution in [3.05, 3.63) is 42.4 Å². The van der Waals surface area contributed by atoms with Gasteiger partial charge < -0.3 is 4.98 Å². The predicted octanol–water partition coefficient (Wildman–Crippen LogP) is 2.33. The van der Waals surface area contributed by atoms with Gasteiger partial charge in [0.15, 0.2) is 5.65 Å². The van der Waals surface area contributed by atoms with Crippen molar-refractivity contribution in [3.8, 4) is 11.4 Å². The maximum absolute atomic E-state index is 4.42. The van der Waals surface area contributed by atoms with Crippen molar-refractivity contribution >= 4 is 11.2 Å². The molecule has 0 fully saturated rings. The lowest BCUT2D eigenvalue weighted by Crippen LogP contribution is -1.80. The molecule has 3 heterocycles. The standard InChI is InChI=1S/C12H10N4/c1-8-5-10-12(14-6-8)16-11(15-10)9-3-2-4-13-7-9/h2-7H,1H3,(H,14,15,16). The van der Waals surface area contributed by atoms with Gasteiger partial charge in [-0.05, 0) is 30.7 Å². The number of H-pyrrole nitrogens is 1. The summed E-state index contributed by atoms with van der Waals surface area (Å²) in [6, 6.07) is 5.90. The molecule has 0 aliphatic rings. The zero-order valence-corrected chi connectivity index (χ0v) is 8.81. The van der Waals surface area contributed by atoms with E-state index in [2.05, 4.69) is 19.9 Å². The van der Waals surface area contributed by atoms with Gasteiger partial charge in [0.25, 0.3) is 0 Å². The number of nitrogens with zero attached hydrogens (tertiary/aromatic N) is 3. The van der Waals surface area contributed by atoms with E-state index in [1.165, 1.54) is 0 Å². The van der Waals surface area contributed by atoms with Gasteiger partial charge >= 0.3 is 0 Å². The summed E-state index contributed by atoms with van der Waals surface area (Å²) < 4.78 is 0. The third kappa shape index (κ3) is 1.44. The summed E-state index contributed by atoms with van der Waals surface area (Å²) in [5.41, 5.74) is 3.79. The maximum Gasteiger partial charge on any atom is 0.178 e. The molecular weight excluding hydrogens is 200 g/mol. The minimum absolute atomic E-state index is 0.740. The Bertz CT molecular complexity index is 628. The summed E-state index contributed by atoms with van der Waals surface area (Å²) in [5.74, 6) is 0.807. The average Bonchev–Trinajstić information content (AvgIpc) is 2.73. The van der Waals surface area contributed by atoms with Gasteiger partial charge in [0.1, 0.15) is 5.82 Å². The lowest BCUT2D eigenvalue weighted by molar-refractivity contribution is 1.26. The van der Waals surface area contributed by atoms with Crippen molar-refractivity contribution in [1.82, 2.24) is 19.9 Å². The first-order chi connectivity index (χ1) is 7.83. The van der Waals surface area contributed by atoms with Crippen LogP contribution >= 0.6 is 0 Å². The normalized spacial score (nSPS) is 10.8. The Balaban J connectivity index is 2.19. The van der Waals surface area contributed by atoms with Gasteiger partial charge in [0.05, 0.1) is 5.52 Å². The van der Waals surface area contributed by atoms with Crippen molar-refractivity contribution in [2.24, 2.45) is 0 Å². The SMILES string of the molecule is Cc1cnc2nc(-c3cccnc3)[nH]c2c1. The molecule has 0 bridgehead atoms. The van der Waals surface area contributed by atoms with E-state index >= 15 is 0 Å². The summed E-state index contributed by atoms with van der Waals surface area (Å²) in [4.78, 5) is 16.0. The first-order valence-electron chi connectivity index (χ1n) is 5.06. The lowest BCUT2D eigenvalue weighted by Gasteiger charge is -1.92. The molecule has 0 spiro atoms. The lowest BCUT2D eigenvalue weighted by atomic mass is 10.3. The largest absolute Gasteiger partial charge is 0.337 e. The van der Waals surface area contributed by atoms with E-state index in [1.54, 1.807) is 12.4 Å². The Hall–Kier alpha value is -2.23. The number of nitrogens with one attached hydrogen (secondary N) is 1. The van der Waals surface area contributed by atoms with Crippen molar-refractivity contribution in [1.29, 1.82) is 0 Å². The van der Waals surface area contributed by atoms with Crippen molar-refractivity contribution in [2.75, 3.05) is 0 Å². The highest BCUT2D eigenvalue weighted by molar-refractivity contribution is 5.75. The third-order valence-electron chi connectivity index (χ3n) is 2.41. The van der Waals surface area contributed by atoms with E-state index in [0.717, 1.165) is 28.1 Å². The Morgan fingerprint density at radius 1 is 1.25 bits per heavy atom. The fourth-order valence-electron chi connectivity index (χ4n) is 1.64. The highest BCUT2D eigenvalue weighted by Gasteiger charge is 2.05. The summed E-state index contributed by atoms with van der Waals surface area (Å²) >= 11 is 0. The Labute approximate surface area is 92.4 Å². The smallest absolute Gasteiger partial charge is 0.178 e. The van der Waals surface area contributed by atoms with Crippen molar-refractivity contribution in [3.63, 3.8) is 0 Å². The van der Waals surface area contributed by atoms with Crippen LogP contribution in [0.1, 0.15) is 5.56 Å². The molecule has 0 aliphatic heterocycles. The van der Waals surface area contributed by atoms with E-state index in [9.17, 15) is 0 Å². The number of hydrogen-bond acceptors (Lipinski definition) is 3. The second kappa shape index (κ2) is 3.41. The number of rotatable bonds is 1. The minimum Gasteiger partial charge on any atom is -0.337 e. The Morgan fingerprint density at radius 2 is 2.19 bits per heavy atom. The van der Waals surface area contributed by atoms with Crippen LogP contribution in [0.25, 0.3) is 22.6 Å². The molecule has 4 heteroatoms. The summed E-state index contributed by atoms with van der Waals surface area (Å²) in [6.07, 6.45) is 5.34. The van der Waals surface area contributed by atoms with Crippen LogP contribution < -0.4 is 0 Å². The molecule has 1 N–H and O–H groups in total. The molecule has 0 radical (unpaired) electrons. The van der Waals surface area contributed by atoms with Crippen molar-refractivity contribution < 1.29 is 0 Å². The minimum atomic E-state index is 0.740. The number of pyridine rings is 2. The quantitative estimate of drug-likeness (QED) is 0.670. The van der Waals surface area contributed by atoms with Crippen LogP contribution in [0.15, 0.2) is 36.8 Å². The van der Waals surface area contributed by atoms with Gasteiger partial charge in [-0.25, -0.2) is 9.97 Å². The van der Waals surface area contributed by atoms with Crippen LogP contribution in [0.3, 0.4) is 0 Å². The number of hydrogen-bond donors (Lipinski definition) is 1. The van der Waals surface area contributed by atoms with Crippen LogP contribution in [0, 0.1) is 6.92 Å². The van der Waals surface area contributed by atoms with Gasteiger partial charge in [0.2, 0.25) is 0 Å². The molecule has 16 heavy (non-hydrogen) atoms. The maximum atomic E-state index is 4.42. The predicted molar refractivity (Wildman–Crippen MR) is 61.9 cm³/mol. The van der Waals surface area contributed by atoms with E-state index in [-0.39, 0.29) is 0 Å². The summed E-state index contributed by atoms with van der Waals surface area (Å²) in [6.45, 7) is 2.01. The highest BCUT2D eigenvalue weighted by atomic mass is 15.0. The topological polar surface area (TPSA) is 54.5 Å². The molecule has 0 aromatic carbocycles. The molecule has 3 rings (SSSR count). The van der Waals surface area contributed by atoms with Crippen LogP contribution in [0.2, 0.25) is 0 Å². The average molecular weight is 210 g/mol. The van der Waals surface area contributed by atoms with Gasteiger partial charge in [-0.3, -0.25) is 4.98 Å². The fourth-order valence-corrected chi connectivity index (χ4v) is 1.64. The third-order valence-corrected chi connectivity index (χ3v) is 2.41. The fraction of sp³-hybridized carbons (Fsp3) is 0.0833. The molecule has 0 amide bonds. The van der Waals surface area contributed by atoms with Gasteiger partial charge in [0, 0.05) is 24.2 Å². The van der Waals surface area contributed by atoms with Crippen LogP contribution in [-0.2, 0) is 0 Å². The number of aryl methyl sites for hydroxylation is 1.